The number of aromatic nitrogens is 2. The summed E-state index contributed by atoms with van der Waals surface area (Å²) in [5.74, 6) is 0. The zero-order valence-corrected chi connectivity index (χ0v) is 9.79. The van der Waals surface area contributed by atoms with E-state index in [1.54, 1.807) is 11.8 Å². The van der Waals surface area contributed by atoms with Crippen LogP contribution < -0.4 is 0 Å². The lowest BCUT2D eigenvalue weighted by atomic mass is 10.2. The van der Waals surface area contributed by atoms with Gasteiger partial charge in [0.2, 0.25) is 4.47 Å². The van der Waals surface area contributed by atoms with Crippen molar-refractivity contribution in [3.05, 3.63) is 28.7 Å². The van der Waals surface area contributed by atoms with Crippen LogP contribution in [0.1, 0.15) is 0 Å². The fourth-order valence-corrected chi connectivity index (χ4v) is 2.67. The Morgan fingerprint density at radius 3 is 2.71 bits per heavy atom. The van der Waals surface area contributed by atoms with Crippen molar-refractivity contribution in [3.8, 4) is 10.6 Å². The predicted octanol–water partition coefficient (Wildman–Crippen LogP) is 3.58. The van der Waals surface area contributed by atoms with Gasteiger partial charge in [-0.25, -0.2) is 0 Å². The number of hydrogen-bond acceptors (Lipinski definition) is 4. The smallest absolute Gasteiger partial charge is 0.137 e. The molecular formula is C9H7ClN2S2. The van der Waals surface area contributed by atoms with Gasteiger partial charge in [0.1, 0.15) is 5.01 Å². The molecule has 14 heavy (non-hydrogen) atoms. The van der Waals surface area contributed by atoms with E-state index in [0.717, 1.165) is 10.6 Å². The zero-order valence-electron chi connectivity index (χ0n) is 7.40. The first-order valence-corrected chi connectivity index (χ1v) is 6.35. The van der Waals surface area contributed by atoms with Crippen LogP contribution >= 0.6 is 34.7 Å². The molecule has 0 aliphatic carbocycles. The molecule has 1 aromatic carbocycles. The third-order valence-electron chi connectivity index (χ3n) is 1.74. The number of thioether (sulfide) groups is 1. The minimum Gasteiger partial charge on any atom is -0.137 e. The first-order valence-electron chi connectivity index (χ1n) is 3.93. The third kappa shape index (κ3) is 1.92. The van der Waals surface area contributed by atoms with Crippen LogP contribution in [0.5, 0.6) is 0 Å². The molecule has 0 atom stereocenters. The van der Waals surface area contributed by atoms with E-state index in [1.807, 2.05) is 24.5 Å². The minimum atomic E-state index is 0.482. The summed E-state index contributed by atoms with van der Waals surface area (Å²) in [7, 11) is 0. The van der Waals surface area contributed by atoms with E-state index in [0.29, 0.717) is 4.47 Å². The maximum Gasteiger partial charge on any atom is 0.207 e. The lowest BCUT2D eigenvalue weighted by molar-refractivity contribution is 1.09. The molecule has 2 nitrogen and oxygen atoms in total. The fourth-order valence-electron chi connectivity index (χ4n) is 1.14. The number of halogens is 1. The van der Waals surface area contributed by atoms with E-state index in [1.165, 1.54) is 16.2 Å². The van der Waals surface area contributed by atoms with Gasteiger partial charge in [0.15, 0.2) is 0 Å². The van der Waals surface area contributed by atoms with Gasteiger partial charge in [0, 0.05) is 10.5 Å². The Hall–Kier alpha value is -0.580. The number of nitrogens with zero attached hydrogens (tertiary/aromatic N) is 2. The maximum absolute atomic E-state index is 5.74. The first-order chi connectivity index (χ1) is 6.81. The Morgan fingerprint density at radius 2 is 2.07 bits per heavy atom. The van der Waals surface area contributed by atoms with Crippen LogP contribution in [0.25, 0.3) is 10.6 Å². The molecule has 1 heterocycles. The normalized spacial score (nSPS) is 10.4. The second kappa shape index (κ2) is 4.29. The summed E-state index contributed by atoms with van der Waals surface area (Å²) in [6.45, 7) is 0. The summed E-state index contributed by atoms with van der Waals surface area (Å²) in [6, 6.07) is 8.10. The highest BCUT2D eigenvalue weighted by Gasteiger charge is 2.08. The van der Waals surface area contributed by atoms with Crippen LogP contribution in [-0.4, -0.2) is 16.5 Å². The standard InChI is InChI=1S/C9H7ClN2S2/c1-13-7-5-3-2-4-6(7)8-11-12-9(10)14-8/h2-5H,1H3. The van der Waals surface area contributed by atoms with Crippen LogP contribution in [0.2, 0.25) is 4.47 Å². The lowest BCUT2D eigenvalue weighted by Crippen LogP contribution is -1.80. The molecule has 5 heteroatoms. The molecular weight excluding hydrogens is 236 g/mol. The fraction of sp³-hybridized carbons (Fsp3) is 0.111. The average molecular weight is 243 g/mol. The molecule has 0 saturated carbocycles. The molecule has 0 fully saturated rings. The first kappa shape index (κ1) is 9.96. The van der Waals surface area contributed by atoms with Gasteiger partial charge in [0.05, 0.1) is 0 Å². The van der Waals surface area contributed by atoms with Gasteiger partial charge in [-0.15, -0.1) is 22.0 Å². The highest BCUT2D eigenvalue weighted by atomic mass is 35.5. The largest absolute Gasteiger partial charge is 0.207 e. The zero-order chi connectivity index (χ0) is 9.97. The summed E-state index contributed by atoms with van der Waals surface area (Å²) >= 11 is 8.84. The van der Waals surface area contributed by atoms with Crippen molar-refractivity contribution in [2.75, 3.05) is 6.26 Å². The minimum absolute atomic E-state index is 0.482. The Balaban J connectivity index is 2.50. The molecule has 0 aliphatic heterocycles. The molecule has 0 aliphatic rings. The predicted molar refractivity (Wildman–Crippen MR) is 62.1 cm³/mol. The molecule has 0 spiro atoms. The quantitative estimate of drug-likeness (QED) is 0.753. The molecule has 0 bridgehead atoms. The Bertz CT molecular complexity index is 442. The van der Waals surface area contributed by atoms with Crippen molar-refractivity contribution in [2.24, 2.45) is 0 Å². The number of hydrogen-bond donors (Lipinski definition) is 0. The van der Waals surface area contributed by atoms with Crippen molar-refractivity contribution in [2.45, 2.75) is 4.90 Å². The van der Waals surface area contributed by atoms with E-state index >= 15 is 0 Å². The number of rotatable bonds is 2. The maximum atomic E-state index is 5.74. The van der Waals surface area contributed by atoms with E-state index in [-0.39, 0.29) is 0 Å². The van der Waals surface area contributed by atoms with Gasteiger partial charge in [-0.05, 0) is 23.9 Å². The molecule has 0 radical (unpaired) electrons. The summed E-state index contributed by atoms with van der Waals surface area (Å²) < 4.78 is 0.482. The molecule has 72 valence electrons. The summed E-state index contributed by atoms with van der Waals surface area (Å²) in [5.41, 5.74) is 1.10. The third-order valence-corrected chi connectivity index (χ3v) is 3.59. The van der Waals surface area contributed by atoms with Crippen LogP contribution in [0.4, 0.5) is 0 Å². The monoisotopic (exact) mass is 242 g/mol. The van der Waals surface area contributed by atoms with Crippen molar-refractivity contribution in [1.82, 2.24) is 10.2 Å². The lowest BCUT2D eigenvalue weighted by Gasteiger charge is -2.01. The Kier molecular flexibility index (Phi) is 3.05. The molecule has 0 N–H and O–H groups in total. The van der Waals surface area contributed by atoms with E-state index in [2.05, 4.69) is 16.3 Å². The van der Waals surface area contributed by atoms with E-state index < -0.39 is 0 Å². The highest BCUT2D eigenvalue weighted by Crippen LogP contribution is 2.32. The van der Waals surface area contributed by atoms with Crippen LogP contribution in [0.15, 0.2) is 29.2 Å². The average Bonchev–Trinajstić information content (AvgIpc) is 2.65. The van der Waals surface area contributed by atoms with Crippen LogP contribution in [-0.2, 0) is 0 Å². The molecule has 1 aromatic heterocycles. The highest BCUT2D eigenvalue weighted by molar-refractivity contribution is 7.98. The van der Waals surface area contributed by atoms with Gasteiger partial charge in [-0.1, -0.05) is 29.5 Å². The number of benzene rings is 1. The van der Waals surface area contributed by atoms with Gasteiger partial charge in [-0.2, -0.15) is 0 Å². The second-order valence-corrected chi connectivity index (χ2v) is 4.97. The van der Waals surface area contributed by atoms with Gasteiger partial charge in [0.25, 0.3) is 0 Å². The van der Waals surface area contributed by atoms with Crippen molar-refractivity contribution >= 4 is 34.7 Å². The molecule has 2 aromatic rings. The van der Waals surface area contributed by atoms with Crippen molar-refractivity contribution < 1.29 is 0 Å². The van der Waals surface area contributed by atoms with Crippen LogP contribution in [0.3, 0.4) is 0 Å². The topological polar surface area (TPSA) is 25.8 Å². The van der Waals surface area contributed by atoms with Crippen molar-refractivity contribution in [1.29, 1.82) is 0 Å². The van der Waals surface area contributed by atoms with Gasteiger partial charge >= 0.3 is 0 Å². The molecule has 0 amide bonds. The molecule has 2 rings (SSSR count). The Labute approximate surface area is 95.3 Å². The van der Waals surface area contributed by atoms with E-state index in [9.17, 15) is 0 Å². The molecule has 0 unspecified atom stereocenters. The van der Waals surface area contributed by atoms with Crippen molar-refractivity contribution in [3.63, 3.8) is 0 Å². The van der Waals surface area contributed by atoms with Crippen LogP contribution in [0, 0.1) is 0 Å². The van der Waals surface area contributed by atoms with E-state index in [4.69, 9.17) is 11.6 Å². The van der Waals surface area contributed by atoms with Gasteiger partial charge in [-0.3, -0.25) is 0 Å². The summed E-state index contributed by atoms with van der Waals surface area (Å²) in [5, 5.41) is 8.69. The summed E-state index contributed by atoms with van der Waals surface area (Å²) in [6.07, 6.45) is 2.04. The second-order valence-electron chi connectivity index (χ2n) is 2.56. The Morgan fingerprint density at radius 1 is 1.29 bits per heavy atom. The molecule has 0 saturated heterocycles. The summed E-state index contributed by atoms with van der Waals surface area (Å²) in [4.78, 5) is 1.19. The SMILES string of the molecule is CSc1ccccc1-c1nnc(Cl)s1. The van der Waals surface area contributed by atoms with Gasteiger partial charge < -0.3 is 0 Å².